The fourth-order valence-electron chi connectivity index (χ4n) is 2.26. The average molecular weight is 375 g/mol. The van der Waals surface area contributed by atoms with Crippen molar-refractivity contribution in [1.82, 2.24) is 9.29 Å². The molecule has 25 heavy (non-hydrogen) atoms. The number of carbonyl (C=O) groups is 1. The van der Waals surface area contributed by atoms with E-state index in [0.29, 0.717) is 5.13 Å². The first-order chi connectivity index (χ1) is 11.9. The van der Waals surface area contributed by atoms with Gasteiger partial charge in [-0.1, -0.05) is 41.7 Å². The van der Waals surface area contributed by atoms with Crippen LogP contribution < -0.4 is 4.90 Å². The Morgan fingerprint density at radius 3 is 2.36 bits per heavy atom. The maximum atomic E-state index is 12.5. The Morgan fingerprint density at radius 1 is 1.04 bits per heavy atom. The van der Waals surface area contributed by atoms with Crippen LogP contribution in [0.4, 0.5) is 5.13 Å². The van der Waals surface area contributed by atoms with E-state index in [1.54, 1.807) is 25.2 Å². The molecule has 0 fully saturated rings. The van der Waals surface area contributed by atoms with Crippen LogP contribution in [0.25, 0.3) is 10.2 Å². The maximum Gasteiger partial charge on any atom is 0.243 e. The van der Waals surface area contributed by atoms with Gasteiger partial charge in [0, 0.05) is 14.1 Å². The summed E-state index contributed by atoms with van der Waals surface area (Å²) in [6.45, 7) is -0.260. The van der Waals surface area contributed by atoms with Gasteiger partial charge < -0.3 is 0 Å². The van der Waals surface area contributed by atoms with Gasteiger partial charge in [0.1, 0.15) is 0 Å². The van der Waals surface area contributed by atoms with Crippen LogP contribution in [0, 0.1) is 0 Å². The van der Waals surface area contributed by atoms with Crippen molar-refractivity contribution in [3.05, 3.63) is 54.6 Å². The predicted molar refractivity (Wildman–Crippen MR) is 99.3 cm³/mol. The first kappa shape index (κ1) is 17.5. The van der Waals surface area contributed by atoms with Gasteiger partial charge in [0.2, 0.25) is 15.9 Å². The number of sulfonamides is 1. The van der Waals surface area contributed by atoms with E-state index in [0.717, 1.165) is 14.5 Å². The van der Waals surface area contributed by atoms with Crippen LogP contribution in [0.2, 0.25) is 0 Å². The molecule has 3 rings (SSSR count). The molecule has 0 aliphatic rings. The molecule has 0 unspecified atom stereocenters. The number of rotatable bonds is 5. The van der Waals surface area contributed by atoms with Gasteiger partial charge in [0.05, 0.1) is 21.7 Å². The Balaban J connectivity index is 1.77. The molecule has 6 nitrogen and oxygen atoms in total. The molecule has 0 aliphatic heterocycles. The minimum atomic E-state index is -3.71. The molecule has 3 aromatic rings. The predicted octanol–water partition coefficient (Wildman–Crippen LogP) is 2.58. The smallest absolute Gasteiger partial charge is 0.243 e. The molecule has 130 valence electrons. The first-order valence-electron chi connectivity index (χ1n) is 7.53. The molecule has 0 atom stereocenters. The minimum absolute atomic E-state index is 0.160. The number of amides is 1. The second-order valence-electron chi connectivity index (χ2n) is 5.49. The Hall–Kier alpha value is -2.29. The van der Waals surface area contributed by atoms with E-state index in [1.165, 1.54) is 35.4 Å². The molecule has 1 aromatic heterocycles. The van der Waals surface area contributed by atoms with E-state index >= 15 is 0 Å². The summed E-state index contributed by atoms with van der Waals surface area (Å²) < 4.78 is 27.0. The number of anilines is 1. The number of nitrogens with zero attached hydrogens (tertiary/aromatic N) is 3. The third-order valence-electron chi connectivity index (χ3n) is 3.75. The van der Waals surface area contributed by atoms with Crippen LogP contribution in [0.1, 0.15) is 0 Å². The van der Waals surface area contributed by atoms with Crippen molar-refractivity contribution >= 4 is 42.6 Å². The summed E-state index contributed by atoms with van der Waals surface area (Å²) in [6, 6.07) is 15.7. The molecule has 1 heterocycles. The number of thiazole rings is 1. The topological polar surface area (TPSA) is 70.6 Å². The number of hydrogen-bond acceptors (Lipinski definition) is 5. The second-order valence-corrected chi connectivity index (χ2v) is 8.55. The van der Waals surface area contributed by atoms with Crippen molar-refractivity contribution in [3.63, 3.8) is 0 Å². The third kappa shape index (κ3) is 3.55. The highest BCUT2D eigenvalue weighted by Crippen LogP contribution is 2.28. The maximum absolute atomic E-state index is 12.5. The van der Waals surface area contributed by atoms with Crippen LogP contribution in [-0.2, 0) is 14.8 Å². The molecular weight excluding hydrogens is 358 g/mol. The fourth-order valence-corrected chi connectivity index (χ4v) is 4.35. The lowest BCUT2D eigenvalue weighted by molar-refractivity contribution is -0.118. The molecule has 0 aliphatic carbocycles. The molecule has 0 bridgehead atoms. The van der Waals surface area contributed by atoms with Crippen LogP contribution in [-0.4, -0.2) is 44.3 Å². The highest BCUT2D eigenvalue weighted by atomic mass is 32.2. The lowest BCUT2D eigenvalue weighted by Gasteiger charge is -2.20. The van der Waals surface area contributed by atoms with Crippen molar-refractivity contribution in [3.8, 4) is 0 Å². The van der Waals surface area contributed by atoms with Gasteiger partial charge >= 0.3 is 0 Å². The number of fused-ring (bicyclic) bond motifs is 1. The van der Waals surface area contributed by atoms with Gasteiger partial charge in [-0.05, 0) is 24.3 Å². The monoisotopic (exact) mass is 375 g/mol. The van der Waals surface area contributed by atoms with Gasteiger partial charge in [-0.15, -0.1) is 0 Å². The van der Waals surface area contributed by atoms with Gasteiger partial charge in [-0.3, -0.25) is 9.69 Å². The molecule has 8 heteroatoms. The van der Waals surface area contributed by atoms with Crippen LogP contribution >= 0.6 is 11.3 Å². The Labute approximate surface area is 150 Å². The van der Waals surface area contributed by atoms with Gasteiger partial charge in [-0.2, -0.15) is 4.31 Å². The lowest BCUT2D eigenvalue weighted by Crippen LogP contribution is -2.39. The third-order valence-corrected chi connectivity index (χ3v) is 6.68. The number of aromatic nitrogens is 1. The Morgan fingerprint density at radius 2 is 1.68 bits per heavy atom. The molecule has 0 saturated heterocycles. The average Bonchev–Trinajstić information content (AvgIpc) is 3.05. The van der Waals surface area contributed by atoms with Gasteiger partial charge in [0.15, 0.2) is 5.13 Å². The summed E-state index contributed by atoms with van der Waals surface area (Å²) in [7, 11) is -0.710. The van der Waals surface area contributed by atoms with Crippen molar-refractivity contribution in [2.75, 3.05) is 25.5 Å². The van der Waals surface area contributed by atoms with Gasteiger partial charge in [0.25, 0.3) is 0 Å². The van der Waals surface area contributed by atoms with E-state index in [-0.39, 0.29) is 17.3 Å². The lowest BCUT2D eigenvalue weighted by atomic mass is 10.3. The van der Waals surface area contributed by atoms with Crippen LogP contribution in [0.5, 0.6) is 0 Å². The highest BCUT2D eigenvalue weighted by molar-refractivity contribution is 7.89. The number of para-hydroxylation sites is 1. The second kappa shape index (κ2) is 6.91. The van der Waals surface area contributed by atoms with Crippen molar-refractivity contribution < 1.29 is 13.2 Å². The summed E-state index contributed by atoms with van der Waals surface area (Å²) in [6.07, 6.45) is 0. The molecule has 0 spiro atoms. The van der Waals surface area contributed by atoms with E-state index in [2.05, 4.69) is 4.98 Å². The van der Waals surface area contributed by atoms with E-state index in [1.807, 2.05) is 24.3 Å². The molecular formula is C17H17N3O3S2. The summed E-state index contributed by atoms with van der Waals surface area (Å²) in [5.74, 6) is -0.346. The van der Waals surface area contributed by atoms with Crippen molar-refractivity contribution in [2.45, 2.75) is 4.90 Å². The quantitative estimate of drug-likeness (QED) is 0.687. The van der Waals surface area contributed by atoms with Crippen molar-refractivity contribution in [1.29, 1.82) is 0 Å². The molecule has 0 N–H and O–H groups in total. The van der Waals surface area contributed by atoms with E-state index < -0.39 is 10.0 Å². The van der Waals surface area contributed by atoms with E-state index in [9.17, 15) is 13.2 Å². The molecule has 0 saturated carbocycles. The molecule has 1 amide bonds. The summed E-state index contributed by atoms with van der Waals surface area (Å²) in [4.78, 5) is 18.5. The molecule has 2 aromatic carbocycles. The standard InChI is InChI=1S/C17H17N3O3S2/c1-19(25(22,23)13-8-4-3-5-9-13)12-16(21)20(2)17-18-14-10-6-7-11-15(14)24-17/h3-11H,12H2,1-2H3. The Bertz CT molecular complexity index is 967. The number of carbonyl (C=O) groups excluding carboxylic acids is 1. The number of benzene rings is 2. The Kier molecular flexibility index (Phi) is 4.85. The van der Waals surface area contributed by atoms with Gasteiger partial charge in [-0.25, -0.2) is 13.4 Å². The summed E-state index contributed by atoms with van der Waals surface area (Å²) >= 11 is 1.39. The zero-order chi connectivity index (χ0) is 18.0. The number of hydrogen-bond donors (Lipinski definition) is 0. The minimum Gasteiger partial charge on any atom is -0.290 e. The fraction of sp³-hybridized carbons (Fsp3) is 0.176. The first-order valence-corrected chi connectivity index (χ1v) is 9.79. The van der Waals surface area contributed by atoms with Crippen LogP contribution in [0.3, 0.4) is 0 Å². The summed E-state index contributed by atoms with van der Waals surface area (Å²) in [5, 5.41) is 0.539. The molecule has 0 radical (unpaired) electrons. The highest BCUT2D eigenvalue weighted by Gasteiger charge is 2.25. The van der Waals surface area contributed by atoms with Crippen LogP contribution in [0.15, 0.2) is 59.5 Å². The zero-order valence-corrected chi connectivity index (χ0v) is 15.4. The zero-order valence-electron chi connectivity index (χ0n) is 13.8. The van der Waals surface area contributed by atoms with E-state index in [4.69, 9.17) is 0 Å². The largest absolute Gasteiger partial charge is 0.290 e. The SMILES string of the molecule is CN(C(=O)CN(C)S(=O)(=O)c1ccccc1)c1nc2ccccc2s1. The normalized spacial score (nSPS) is 11.8. The summed E-state index contributed by atoms with van der Waals surface area (Å²) in [5.41, 5.74) is 0.812. The number of likely N-dealkylation sites (N-methyl/N-ethyl adjacent to an activating group) is 2. The van der Waals surface area contributed by atoms with Crippen molar-refractivity contribution in [2.24, 2.45) is 0 Å².